The number of rotatable bonds is 7. The summed E-state index contributed by atoms with van der Waals surface area (Å²) >= 11 is 14.2. The third-order valence-corrected chi connectivity index (χ3v) is 8.51. The second-order valence-corrected chi connectivity index (χ2v) is 11.4. The van der Waals surface area contributed by atoms with Crippen LogP contribution in [-0.4, -0.2) is 32.3 Å². The Morgan fingerprint density at radius 2 is 1.92 bits per heavy atom. The van der Waals surface area contributed by atoms with Gasteiger partial charge in [0.2, 0.25) is 0 Å². The average molecular weight is 576 g/mol. The maximum Gasteiger partial charge on any atom is 0.325 e. The second-order valence-electron chi connectivity index (χ2n) is 8.27. The Morgan fingerprint density at radius 3 is 2.65 bits per heavy atom. The molecular weight excluding hydrogens is 554 g/mol. The summed E-state index contributed by atoms with van der Waals surface area (Å²) in [5.41, 5.74) is 4.11. The maximum atomic E-state index is 15.3. The summed E-state index contributed by atoms with van der Waals surface area (Å²) in [6.07, 6.45) is 7.53. The van der Waals surface area contributed by atoms with Gasteiger partial charge in [-0.05, 0) is 42.8 Å². The highest BCUT2D eigenvalue weighted by Gasteiger charge is 2.23. The molecule has 3 aromatic heterocycles. The minimum atomic E-state index is -0.512. The van der Waals surface area contributed by atoms with Crippen LogP contribution >= 0.6 is 46.5 Å². The molecule has 7 nitrogen and oxygen atoms in total. The number of hydrogen-bond donors (Lipinski definition) is 2. The summed E-state index contributed by atoms with van der Waals surface area (Å²) in [6.45, 7) is 0.185. The molecule has 2 amide bonds. The molecule has 0 saturated heterocycles. The zero-order valence-electron chi connectivity index (χ0n) is 19.4. The van der Waals surface area contributed by atoms with Gasteiger partial charge >= 0.3 is 6.03 Å². The standard InChI is InChI=1S/C25H21Cl2FN6OS2/c26-19-9-21(36-23(19)27)37-33-25(35)31-13-20(28)18-8-4-7-17-12-32-34(22(17)18)14-15-10-29-24(30-11-15)16-5-2-1-3-6-16/h1-3,5-6,9-12H,4,7-8,13-14H2,(H2,31,33,35)/b20-18-. The summed E-state index contributed by atoms with van der Waals surface area (Å²) in [6, 6.07) is 10.9. The number of hydrogen-bond acceptors (Lipinski definition) is 6. The number of carbonyl (C=O) groups excluding carboxylic acids is 1. The van der Waals surface area contributed by atoms with E-state index >= 15 is 4.39 Å². The Hall–Kier alpha value is -2.92. The summed E-state index contributed by atoms with van der Waals surface area (Å²) in [5, 5.41) is 7.51. The molecule has 0 radical (unpaired) electrons. The Balaban J connectivity index is 1.26. The molecule has 1 aromatic carbocycles. The minimum absolute atomic E-state index is 0.229. The van der Waals surface area contributed by atoms with Gasteiger partial charge in [0.15, 0.2) is 5.82 Å². The van der Waals surface area contributed by atoms with Crippen molar-refractivity contribution in [3.05, 3.63) is 87.0 Å². The third kappa shape index (κ3) is 6.15. The van der Waals surface area contributed by atoms with Crippen molar-refractivity contribution in [1.29, 1.82) is 0 Å². The first-order valence-corrected chi connectivity index (χ1v) is 13.8. The van der Waals surface area contributed by atoms with E-state index in [1.165, 1.54) is 11.3 Å². The van der Waals surface area contributed by atoms with Crippen LogP contribution in [0.15, 0.2) is 65.0 Å². The Labute approximate surface area is 231 Å². The van der Waals surface area contributed by atoms with Crippen LogP contribution in [0, 0.1) is 0 Å². The van der Waals surface area contributed by atoms with Gasteiger partial charge in [0.05, 0.1) is 34.2 Å². The molecule has 0 atom stereocenters. The largest absolute Gasteiger partial charge is 0.331 e. The molecule has 37 heavy (non-hydrogen) atoms. The zero-order chi connectivity index (χ0) is 25.8. The van der Waals surface area contributed by atoms with Gasteiger partial charge in [0.25, 0.3) is 0 Å². The SMILES string of the molecule is O=C(NC/C(F)=C1\CCCc2cnn(Cc3cnc(-c4ccccc4)nc3)c21)NSc1cc(Cl)c(Cl)s1. The molecule has 0 unspecified atom stereocenters. The fourth-order valence-electron chi connectivity index (χ4n) is 4.03. The van der Waals surface area contributed by atoms with Crippen molar-refractivity contribution in [1.82, 2.24) is 29.8 Å². The van der Waals surface area contributed by atoms with Crippen molar-refractivity contribution < 1.29 is 9.18 Å². The van der Waals surface area contributed by atoms with Crippen LogP contribution in [-0.2, 0) is 13.0 Å². The Bertz CT molecular complexity index is 1420. The number of urea groups is 1. The lowest BCUT2D eigenvalue weighted by Crippen LogP contribution is -2.32. The highest BCUT2D eigenvalue weighted by atomic mass is 35.5. The van der Waals surface area contributed by atoms with Crippen LogP contribution in [0.1, 0.15) is 29.7 Å². The van der Waals surface area contributed by atoms with E-state index in [1.807, 2.05) is 30.3 Å². The van der Waals surface area contributed by atoms with E-state index in [2.05, 4.69) is 25.1 Å². The third-order valence-electron chi connectivity index (χ3n) is 5.74. The normalized spacial score (nSPS) is 14.2. The average Bonchev–Trinajstić information content (AvgIpc) is 3.48. The molecule has 2 N–H and O–H groups in total. The number of aromatic nitrogens is 4. The van der Waals surface area contributed by atoms with E-state index < -0.39 is 6.03 Å². The molecule has 190 valence electrons. The fraction of sp³-hybridized carbons (Fsp3) is 0.200. The molecule has 4 aromatic rings. The molecular formula is C25H21Cl2FN6OS2. The maximum absolute atomic E-state index is 15.3. The number of nitrogens with zero attached hydrogens (tertiary/aromatic N) is 4. The lowest BCUT2D eigenvalue weighted by molar-refractivity contribution is 0.246. The molecule has 3 heterocycles. The highest BCUT2D eigenvalue weighted by molar-refractivity contribution is 7.99. The van der Waals surface area contributed by atoms with Crippen LogP contribution in [0.4, 0.5) is 9.18 Å². The van der Waals surface area contributed by atoms with E-state index in [-0.39, 0.29) is 12.4 Å². The second kappa shape index (κ2) is 11.6. The molecule has 5 rings (SSSR count). The van der Waals surface area contributed by atoms with Gasteiger partial charge in [-0.15, -0.1) is 11.3 Å². The number of benzene rings is 1. The van der Waals surface area contributed by atoms with Gasteiger partial charge in [-0.1, -0.05) is 53.5 Å². The number of thiophene rings is 1. The van der Waals surface area contributed by atoms with Gasteiger partial charge < -0.3 is 5.32 Å². The van der Waals surface area contributed by atoms with Gasteiger partial charge in [-0.25, -0.2) is 19.2 Å². The fourth-order valence-corrected chi connectivity index (χ4v) is 6.32. The summed E-state index contributed by atoms with van der Waals surface area (Å²) in [4.78, 5) is 21.2. The zero-order valence-corrected chi connectivity index (χ0v) is 22.5. The smallest absolute Gasteiger partial charge is 0.325 e. The van der Waals surface area contributed by atoms with E-state index in [0.717, 1.165) is 51.4 Å². The molecule has 0 fully saturated rings. The lowest BCUT2D eigenvalue weighted by Gasteiger charge is -2.19. The molecule has 0 bridgehead atoms. The number of amides is 2. The first kappa shape index (κ1) is 25.7. The molecule has 1 aliphatic rings. The van der Waals surface area contributed by atoms with Crippen molar-refractivity contribution >= 4 is 58.1 Å². The van der Waals surface area contributed by atoms with E-state index in [4.69, 9.17) is 23.2 Å². The Kier molecular flexibility index (Phi) is 8.09. The van der Waals surface area contributed by atoms with Crippen molar-refractivity contribution in [2.45, 2.75) is 30.0 Å². The number of fused-ring (bicyclic) bond motifs is 1. The highest BCUT2D eigenvalue weighted by Crippen LogP contribution is 2.36. The summed E-state index contributed by atoms with van der Waals surface area (Å²) in [7, 11) is 0. The van der Waals surface area contributed by atoms with E-state index in [1.54, 1.807) is 29.3 Å². The van der Waals surface area contributed by atoms with Crippen molar-refractivity contribution in [3.8, 4) is 11.4 Å². The first-order chi connectivity index (χ1) is 18.0. The molecule has 0 saturated carbocycles. The van der Waals surface area contributed by atoms with Gasteiger partial charge in [0, 0.05) is 29.1 Å². The minimum Gasteiger partial charge on any atom is -0.331 e. The molecule has 0 spiro atoms. The monoisotopic (exact) mass is 574 g/mol. The topological polar surface area (TPSA) is 84.7 Å². The number of carbonyl (C=O) groups is 1. The molecule has 12 heteroatoms. The quantitative estimate of drug-likeness (QED) is 0.238. The number of allylic oxidation sites excluding steroid dienone is 1. The number of aryl methyl sites for hydroxylation is 1. The molecule has 1 aliphatic carbocycles. The summed E-state index contributed by atoms with van der Waals surface area (Å²) in [5.74, 6) is 0.256. The van der Waals surface area contributed by atoms with E-state index in [0.29, 0.717) is 33.7 Å². The summed E-state index contributed by atoms with van der Waals surface area (Å²) < 4.78 is 20.9. The Morgan fingerprint density at radius 1 is 1.14 bits per heavy atom. The van der Waals surface area contributed by atoms with Crippen molar-refractivity contribution in [2.24, 2.45) is 0 Å². The van der Waals surface area contributed by atoms with Gasteiger partial charge in [-0.3, -0.25) is 9.40 Å². The van der Waals surface area contributed by atoms with Gasteiger partial charge in [0.1, 0.15) is 10.2 Å². The van der Waals surface area contributed by atoms with Gasteiger partial charge in [-0.2, -0.15) is 5.10 Å². The van der Waals surface area contributed by atoms with Crippen LogP contribution in [0.25, 0.3) is 17.0 Å². The van der Waals surface area contributed by atoms with Crippen LogP contribution in [0.5, 0.6) is 0 Å². The number of nitrogens with one attached hydrogen (secondary N) is 2. The predicted octanol–water partition coefficient (Wildman–Crippen LogP) is 6.78. The van der Waals surface area contributed by atoms with Crippen LogP contribution in [0.2, 0.25) is 9.36 Å². The molecule has 0 aliphatic heterocycles. The van der Waals surface area contributed by atoms with Crippen molar-refractivity contribution in [3.63, 3.8) is 0 Å². The first-order valence-electron chi connectivity index (χ1n) is 11.4. The van der Waals surface area contributed by atoms with Crippen LogP contribution < -0.4 is 10.0 Å². The predicted molar refractivity (Wildman–Crippen MR) is 146 cm³/mol. The van der Waals surface area contributed by atoms with E-state index in [9.17, 15) is 4.79 Å². The lowest BCUT2D eigenvalue weighted by atomic mass is 9.92. The van der Waals surface area contributed by atoms with Crippen molar-refractivity contribution in [2.75, 3.05) is 6.54 Å². The number of halogens is 3. The van der Waals surface area contributed by atoms with Crippen LogP contribution in [0.3, 0.4) is 0 Å².